The van der Waals surface area contributed by atoms with Gasteiger partial charge in [-0.3, -0.25) is 0 Å². The van der Waals surface area contributed by atoms with Crippen LogP contribution in [0.1, 0.15) is 43.9 Å². The molecule has 90 valence electrons. The van der Waals surface area contributed by atoms with Gasteiger partial charge in [-0.15, -0.1) is 0 Å². The predicted molar refractivity (Wildman–Crippen MR) is 71.7 cm³/mol. The average Bonchev–Trinajstić information content (AvgIpc) is 2.23. The van der Waals surface area contributed by atoms with Gasteiger partial charge in [0.15, 0.2) is 0 Å². The molecular weight excluding hydrogens is 194 g/mol. The van der Waals surface area contributed by atoms with Gasteiger partial charge in [-0.1, -0.05) is 44.5 Å². The van der Waals surface area contributed by atoms with Gasteiger partial charge in [-0.25, -0.2) is 0 Å². The Morgan fingerprint density at radius 3 is 2.44 bits per heavy atom. The van der Waals surface area contributed by atoms with Gasteiger partial charge in [0.05, 0.1) is 0 Å². The van der Waals surface area contributed by atoms with E-state index in [1.807, 2.05) is 0 Å². The minimum atomic E-state index is 0.625. The molecule has 16 heavy (non-hydrogen) atoms. The largest absolute Gasteiger partial charge is 0.310 e. The quantitative estimate of drug-likeness (QED) is 0.793. The maximum Gasteiger partial charge on any atom is 0.0210 e. The molecule has 0 aliphatic carbocycles. The van der Waals surface area contributed by atoms with Crippen molar-refractivity contribution in [1.29, 1.82) is 0 Å². The number of nitrogens with one attached hydrogen (secondary N) is 1. The van der Waals surface area contributed by atoms with E-state index in [0.29, 0.717) is 12.0 Å². The Labute approximate surface area is 100 Å². The van der Waals surface area contributed by atoms with E-state index in [2.05, 4.69) is 58.1 Å². The van der Waals surface area contributed by atoms with Crippen LogP contribution in [-0.2, 0) is 6.54 Å². The van der Waals surface area contributed by atoms with Crippen LogP contribution in [0.4, 0.5) is 0 Å². The van der Waals surface area contributed by atoms with Crippen LogP contribution in [0, 0.1) is 19.8 Å². The van der Waals surface area contributed by atoms with Gasteiger partial charge >= 0.3 is 0 Å². The Balaban J connectivity index is 2.63. The van der Waals surface area contributed by atoms with Gasteiger partial charge < -0.3 is 5.32 Å². The Hall–Kier alpha value is -0.820. The molecule has 0 saturated carbocycles. The second-order valence-electron chi connectivity index (χ2n) is 5.07. The molecule has 0 spiro atoms. The van der Waals surface area contributed by atoms with Crippen molar-refractivity contribution in [3.8, 4) is 0 Å². The minimum absolute atomic E-state index is 0.625. The zero-order valence-electron chi connectivity index (χ0n) is 11.3. The lowest BCUT2D eigenvalue weighted by Gasteiger charge is -2.21. The Morgan fingerprint density at radius 1 is 1.19 bits per heavy atom. The van der Waals surface area contributed by atoms with Crippen LogP contribution in [0.15, 0.2) is 18.2 Å². The van der Waals surface area contributed by atoms with Crippen molar-refractivity contribution >= 4 is 0 Å². The molecule has 1 rings (SSSR count). The summed E-state index contributed by atoms with van der Waals surface area (Å²) in [5, 5.41) is 3.65. The summed E-state index contributed by atoms with van der Waals surface area (Å²) < 4.78 is 0. The second-order valence-corrected chi connectivity index (χ2v) is 5.07. The summed E-state index contributed by atoms with van der Waals surface area (Å²) in [7, 11) is 0. The van der Waals surface area contributed by atoms with Gasteiger partial charge in [0.25, 0.3) is 0 Å². The molecular formula is C15H25N. The normalized spacial score (nSPS) is 13.1. The van der Waals surface area contributed by atoms with Crippen LogP contribution < -0.4 is 5.32 Å². The van der Waals surface area contributed by atoms with Crippen LogP contribution >= 0.6 is 0 Å². The monoisotopic (exact) mass is 219 g/mol. The molecule has 0 bridgehead atoms. The number of hydrogen-bond donors (Lipinski definition) is 1. The standard InChI is InChI=1S/C15H25N/c1-6-15(11(2)3)16-10-14-9-12(4)7-8-13(14)5/h7-9,11,15-16H,6,10H2,1-5H3. The number of hydrogen-bond acceptors (Lipinski definition) is 1. The molecule has 0 aliphatic heterocycles. The van der Waals surface area contributed by atoms with Gasteiger partial charge in [0.2, 0.25) is 0 Å². The first-order valence-corrected chi connectivity index (χ1v) is 6.34. The molecule has 0 fully saturated rings. The number of aryl methyl sites for hydroxylation is 2. The first-order chi connectivity index (χ1) is 7.54. The first-order valence-electron chi connectivity index (χ1n) is 6.34. The second kappa shape index (κ2) is 6.05. The minimum Gasteiger partial charge on any atom is -0.310 e. The molecule has 1 N–H and O–H groups in total. The van der Waals surface area contributed by atoms with E-state index in [4.69, 9.17) is 0 Å². The molecule has 1 unspecified atom stereocenters. The fourth-order valence-electron chi connectivity index (χ4n) is 2.08. The van der Waals surface area contributed by atoms with Crippen molar-refractivity contribution in [3.63, 3.8) is 0 Å². The predicted octanol–water partition coefficient (Wildman–Crippen LogP) is 3.83. The van der Waals surface area contributed by atoms with Crippen molar-refractivity contribution in [2.75, 3.05) is 0 Å². The molecule has 0 heterocycles. The maximum atomic E-state index is 3.65. The molecule has 0 aromatic heterocycles. The lowest BCUT2D eigenvalue weighted by molar-refractivity contribution is 0.387. The van der Waals surface area contributed by atoms with E-state index in [1.165, 1.54) is 23.1 Å². The number of benzene rings is 1. The Bertz CT molecular complexity index is 328. The first kappa shape index (κ1) is 13.2. The summed E-state index contributed by atoms with van der Waals surface area (Å²) >= 11 is 0. The van der Waals surface area contributed by atoms with Crippen molar-refractivity contribution in [3.05, 3.63) is 34.9 Å². The Morgan fingerprint density at radius 2 is 1.88 bits per heavy atom. The fourth-order valence-corrected chi connectivity index (χ4v) is 2.08. The molecule has 1 heteroatoms. The molecule has 0 aliphatic rings. The van der Waals surface area contributed by atoms with Crippen LogP contribution in [0.5, 0.6) is 0 Å². The summed E-state index contributed by atoms with van der Waals surface area (Å²) in [5.41, 5.74) is 4.16. The zero-order valence-corrected chi connectivity index (χ0v) is 11.3. The van der Waals surface area contributed by atoms with Gasteiger partial charge in [-0.2, -0.15) is 0 Å². The molecule has 1 aromatic rings. The molecule has 1 nitrogen and oxygen atoms in total. The third kappa shape index (κ3) is 3.64. The fraction of sp³-hybridized carbons (Fsp3) is 0.600. The van der Waals surface area contributed by atoms with Gasteiger partial charge in [0, 0.05) is 12.6 Å². The van der Waals surface area contributed by atoms with Crippen LogP contribution in [-0.4, -0.2) is 6.04 Å². The summed E-state index contributed by atoms with van der Waals surface area (Å²) in [4.78, 5) is 0. The van der Waals surface area contributed by atoms with E-state index in [1.54, 1.807) is 0 Å². The Kier molecular flexibility index (Phi) is 5.01. The highest BCUT2D eigenvalue weighted by molar-refractivity contribution is 5.30. The van der Waals surface area contributed by atoms with Crippen molar-refractivity contribution in [2.45, 2.75) is 53.6 Å². The van der Waals surface area contributed by atoms with E-state index < -0.39 is 0 Å². The van der Waals surface area contributed by atoms with E-state index in [9.17, 15) is 0 Å². The molecule has 0 saturated heterocycles. The lowest BCUT2D eigenvalue weighted by atomic mass is 10.0. The van der Waals surface area contributed by atoms with E-state index >= 15 is 0 Å². The third-order valence-electron chi connectivity index (χ3n) is 3.30. The maximum absolute atomic E-state index is 3.65. The SMILES string of the molecule is CCC(NCc1cc(C)ccc1C)C(C)C. The molecule has 0 radical (unpaired) electrons. The van der Waals surface area contributed by atoms with E-state index in [-0.39, 0.29) is 0 Å². The van der Waals surface area contributed by atoms with Crippen LogP contribution in [0.2, 0.25) is 0 Å². The summed E-state index contributed by atoms with van der Waals surface area (Å²) in [5.74, 6) is 0.704. The molecule has 1 aromatic carbocycles. The van der Waals surface area contributed by atoms with E-state index in [0.717, 1.165) is 6.54 Å². The van der Waals surface area contributed by atoms with Crippen molar-refractivity contribution in [1.82, 2.24) is 5.32 Å². The van der Waals surface area contributed by atoms with Crippen LogP contribution in [0.3, 0.4) is 0 Å². The molecule has 1 atom stereocenters. The van der Waals surface area contributed by atoms with Crippen molar-refractivity contribution in [2.24, 2.45) is 5.92 Å². The average molecular weight is 219 g/mol. The summed E-state index contributed by atoms with van der Waals surface area (Å²) in [6, 6.07) is 7.30. The number of rotatable bonds is 5. The van der Waals surface area contributed by atoms with Gasteiger partial charge in [-0.05, 0) is 37.3 Å². The zero-order chi connectivity index (χ0) is 12.1. The highest BCUT2D eigenvalue weighted by Gasteiger charge is 2.10. The smallest absolute Gasteiger partial charge is 0.0210 e. The summed E-state index contributed by atoms with van der Waals surface area (Å²) in [6.07, 6.45) is 1.20. The topological polar surface area (TPSA) is 12.0 Å². The van der Waals surface area contributed by atoms with Crippen LogP contribution in [0.25, 0.3) is 0 Å². The van der Waals surface area contributed by atoms with Crippen molar-refractivity contribution < 1.29 is 0 Å². The lowest BCUT2D eigenvalue weighted by Crippen LogP contribution is -2.32. The molecule has 0 amide bonds. The summed E-state index contributed by atoms with van der Waals surface area (Å²) in [6.45, 7) is 12.1. The highest BCUT2D eigenvalue weighted by Crippen LogP contribution is 2.12. The highest BCUT2D eigenvalue weighted by atomic mass is 14.9. The van der Waals surface area contributed by atoms with Gasteiger partial charge in [0.1, 0.15) is 0 Å². The third-order valence-corrected chi connectivity index (χ3v) is 3.30.